The molecule has 20 heavy (non-hydrogen) atoms. The van der Waals surface area contributed by atoms with E-state index in [1.54, 1.807) is 0 Å². The highest BCUT2D eigenvalue weighted by molar-refractivity contribution is 5.75. The second-order valence-corrected chi connectivity index (χ2v) is 5.34. The van der Waals surface area contributed by atoms with Crippen LogP contribution in [0.4, 0.5) is 0 Å². The van der Waals surface area contributed by atoms with Crippen LogP contribution in [0.1, 0.15) is 32.5 Å². The third kappa shape index (κ3) is 3.70. The molecule has 1 aromatic heterocycles. The van der Waals surface area contributed by atoms with Crippen molar-refractivity contribution in [1.29, 1.82) is 0 Å². The molecule has 0 aliphatic rings. The largest absolute Gasteiger partial charge is 0.331 e. The minimum Gasteiger partial charge on any atom is -0.331 e. The van der Waals surface area contributed by atoms with Gasteiger partial charge in [0.05, 0.1) is 11.0 Å². The summed E-state index contributed by atoms with van der Waals surface area (Å²) >= 11 is 0. The number of rotatable bonds is 7. The summed E-state index contributed by atoms with van der Waals surface area (Å²) in [6.07, 6.45) is 5.54. The molecule has 0 saturated carbocycles. The molecule has 0 saturated heterocycles. The van der Waals surface area contributed by atoms with E-state index in [9.17, 15) is 0 Å². The molecule has 2 aromatic rings. The van der Waals surface area contributed by atoms with Crippen LogP contribution in [-0.4, -0.2) is 22.6 Å². The van der Waals surface area contributed by atoms with E-state index in [1.807, 2.05) is 6.07 Å². The van der Waals surface area contributed by atoms with Crippen LogP contribution in [0, 0.1) is 0 Å². The molecule has 3 nitrogen and oxygen atoms in total. The zero-order valence-corrected chi connectivity index (χ0v) is 12.8. The molecule has 0 amide bonds. The van der Waals surface area contributed by atoms with Crippen LogP contribution in [0.15, 0.2) is 35.9 Å². The minimum atomic E-state index is 0.930. The third-order valence-electron chi connectivity index (χ3n) is 3.56. The van der Waals surface area contributed by atoms with Crippen LogP contribution in [0.3, 0.4) is 0 Å². The van der Waals surface area contributed by atoms with Crippen LogP contribution in [-0.2, 0) is 13.5 Å². The number of fused-ring (bicyclic) bond motifs is 1. The first-order chi connectivity index (χ1) is 9.72. The van der Waals surface area contributed by atoms with Gasteiger partial charge in [0.2, 0.25) is 0 Å². The lowest BCUT2D eigenvalue weighted by molar-refractivity contribution is 0.676. The van der Waals surface area contributed by atoms with Crippen LogP contribution in [0.5, 0.6) is 0 Å². The van der Waals surface area contributed by atoms with Gasteiger partial charge >= 0.3 is 0 Å². The van der Waals surface area contributed by atoms with E-state index in [0.29, 0.717) is 0 Å². The summed E-state index contributed by atoms with van der Waals surface area (Å²) in [6, 6.07) is 8.31. The summed E-state index contributed by atoms with van der Waals surface area (Å²) in [7, 11) is 2.10. The predicted molar refractivity (Wildman–Crippen MR) is 86.0 cm³/mol. The van der Waals surface area contributed by atoms with Crippen molar-refractivity contribution < 1.29 is 0 Å². The monoisotopic (exact) mass is 271 g/mol. The van der Waals surface area contributed by atoms with Gasteiger partial charge in [0.1, 0.15) is 5.82 Å². The first-order valence-corrected chi connectivity index (χ1v) is 7.49. The number of para-hydroxylation sites is 2. The Kier molecular flexibility index (Phi) is 5.36. The zero-order chi connectivity index (χ0) is 14.4. The number of benzene rings is 1. The van der Waals surface area contributed by atoms with E-state index >= 15 is 0 Å². The number of imidazole rings is 1. The van der Waals surface area contributed by atoms with Crippen molar-refractivity contribution >= 4 is 11.0 Å². The van der Waals surface area contributed by atoms with Crippen molar-refractivity contribution in [1.82, 2.24) is 14.9 Å². The second-order valence-electron chi connectivity index (χ2n) is 5.34. The van der Waals surface area contributed by atoms with Gasteiger partial charge in [0.15, 0.2) is 0 Å². The SMILES string of the molecule is CCCNCCC=C(C)Cc1nc2ccccc2n1C. The lowest BCUT2D eigenvalue weighted by Crippen LogP contribution is -2.15. The first-order valence-electron chi connectivity index (χ1n) is 7.49. The van der Waals surface area contributed by atoms with Gasteiger partial charge in [-0.05, 0) is 45.0 Å². The molecule has 1 heterocycles. The number of aryl methyl sites for hydroxylation is 1. The molecule has 1 aromatic carbocycles. The average molecular weight is 271 g/mol. The van der Waals surface area contributed by atoms with Gasteiger partial charge in [-0.2, -0.15) is 0 Å². The second kappa shape index (κ2) is 7.25. The maximum atomic E-state index is 4.72. The molecule has 0 spiro atoms. The highest BCUT2D eigenvalue weighted by atomic mass is 15.1. The number of aromatic nitrogens is 2. The Morgan fingerprint density at radius 3 is 2.85 bits per heavy atom. The van der Waals surface area contributed by atoms with Gasteiger partial charge in [0.25, 0.3) is 0 Å². The third-order valence-corrected chi connectivity index (χ3v) is 3.56. The van der Waals surface area contributed by atoms with Crippen molar-refractivity contribution in [2.75, 3.05) is 13.1 Å². The molecule has 3 heteroatoms. The Hall–Kier alpha value is -1.61. The Bertz CT molecular complexity index is 581. The molecule has 1 N–H and O–H groups in total. The molecule has 0 atom stereocenters. The fourth-order valence-corrected chi connectivity index (χ4v) is 2.40. The Morgan fingerprint density at radius 1 is 1.30 bits per heavy atom. The van der Waals surface area contributed by atoms with Gasteiger partial charge < -0.3 is 9.88 Å². The fraction of sp³-hybridized carbons (Fsp3) is 0.471. The summed E-state index contributed by atoms with van der Waals surface area (Å²) < 4.78 is 2.20. The summed E-state index contributed by atoms with van der Waals surface area (Å²) in [6.45, 7) is 6.56. The van der Waals surface area contributed by atoms with E-state index < -0.39 is 0 Å². The smallest absolute Gasteiger partial charge is 0.113 e. The zero-order valence-electron chi connectivity index (χ0n) is 12.8. The van der Waals surface area contributed by atoms with E-state index in [0.717, 1.165) is 37.3 Å². The summed E-state index contributed by atoms with van der Waals surface area (Å²) in [5.41, 5.74) is 3.68. The minimum absolute atomic E-state index is 0.930. The van der Waals surface area contributed by atoms with E-state index in [1.165, 1.54) is 17.5 Å². The Balaban J connectivity index is 1.97. The number of nitrogens with one attached hydrogen (secondary N) is 1. The number of nitrogens with zero attached hydrogens (tertiary/aromatic N) is 2. The fourth-order valence-electron chi connectivity index (χ4n) is 2.40. The van der Waals surface area contributed by atoms with Gasteiger partial charge in [-0.25, -0.2) is 4.98 Å². The van der Waals surface area contributed by atoms with Crippen molar-refractivity contribution in [2.45, 2.75) is 33.1 Å². The predicted octanol–water partition coefficient (Wildman–Crippen LogP) is 3.45. The van der Waals surface area contributed by atoms with Crippen molar-refractivity contribution in [3.63, 3.8) is 0 Å². The molecule has 0 fully saturated rings. The standard InChI is InChI=1S/C17H25N3/c1-4-11-18-12-7-8-14(2)13-17-19-15-9-5-6-10-16(15)20(17)3/h5-6,8-10,18H,4,7,11-13H2,1-3H3. The molecule has 2 rings (SSSR count). The quantitative estimate of drug-likeness (QED) is 0.617. The van der Waals surface area contributed by atoms with Gasteiger partial charge in [-0.3, -0.25) is 0 Å². The highest BCUT2D eigenvalue weighted by Crippen LogP contribution is 2.16. The van der Waals surface area contributed by atoms with Crippen molar-refractivity contribution in [3.05, 3.63) is 41.7 Å². The van der Waals surface area contributed by atoms with E-state index in [2.05, 4.69) is 55.1 Å². The lowest BCUT2D eigenvalue weighted by atomic mass is 10.1. The molecule has 0 radical (unpaired) electrons. The Morgan fingerprint density at radius 2 is 2.10 bits per heavy atom. The van der Waals surface area contributed by atoms with Crippen LogP contribution in [0.2, 0.25) is 0 Å². The lowest BCUT2D eigenvalue weighted by Gasteiger charge is -2.04. The van der Waals surface area contributed by atoms with E-state index in [4.69, 9.17) is 4.98 Å². The van der Waals surface area contributed by atoms with Crippen molar-refractivity contribution in [2.24, 2.45) is 7.05 Å². The molecule has 0 unspecified atom stereocenters. The summed E-state index contributed by atoms with van der Waals surface area (Å²) in [5, 5.41) is 3.42. The molecule has 0 bridgehead atoms. The summed E-state index contributed by atoms with van der Waals surface area (Å²) in [5.74, 6) is 1.14. The number of hydrogen-bond donors (Lipinski definition) is 1. The number of hydrogen-bond acceptors (Lipinski definition) is 2. The van der Waals surface area contributed by atoms with Crippen molar-refractivity contribution in [3.8, 4) is 0 Å². The van der Waals surface area contributed by atoms with Crippen LogP contribution < -0.4 is 5.32 Å². The van der Waals surface area contributed by atoms with Gasteiger partial charge in [-0.1, -0.05) is 30.7 Å². The maximum Gasteiger partial charge on any atom is 0.113 e. The van der Waals surface area contributed by atoms with Crippen LogP contribution >= 0.6 is 0 Å². The average Bonchev–Trinajstić information content (AvgIpc) is 2.76. The molecular weight excluding hydrogens is 246 g/mol. The van der Waals surface area contributed by atoms with E-state index in [-0.39, 0.29) is 0 Å². The first kappa shape index (κ1) is 14.8. The molecule has 0 aliphatic heterocycles. The van der Waals surface area contributed by atoms with Gasteiger partial charge in [-0.15, -0.1) is 0 Å². The normalized spacial score (nSPS) is 12.2. The highest BCUT2D eigenvalue weighted by Gasteiger charge is 2.06. The summed E-state index contributed by atoms with van der Waals surface area (Å²) in [4.78, 5) is 4.72. The van der Waals surface area contributed by atoms with Crippen LogP contribution in [0.25, 0.3) is 11.0 Å². The maximum absolute atomic E-state index is 4.72. The Labute approximate surface area is 121 Å². The number of allylic oxidation sites excluding steroid dienone is 1. The van der Waals surface area contributed by atoms with Gasteiger partial charge in [0, 0.05) is 13.5 Å². The molecular formula is C17H25N3. The molecule has 108 valence electrons. The topological polar surface area (TPSA) is 29.9 Å². The molecule has 0 aliphatic carbocycles.